The molecule has 24 heavy (non-hydrogen) atoms. The van der Waals surface area contributed by atoms with Gasteiger partial charge in [-0.25, -0.2) is 0 Å². The highest BCUT2D eigenvalue weighted by atomic mass is 16.5. The summed E-state index contributed by atoms with van der Waals surface area (Å²) in [6.07, 6.45) is 4.74. The number of aromatic nitrogens is 1. The highest BCUT2D eigenvalue weighted by Gasteiger charge is 2.26. The molecule has 1 N–H and O–H groups in total. The lowest BCUT2D eigenvalue weighted by molar-refractivity contribution is 0.0536. The Bertz CT molecular complexity index is 574. The summed E-state index contributed by atoms with van der Waals surface area (Å²) in [6.45, 7) is 5.25. The lowest BCUT2D eigenvalue weighted by atomic mass is 10.1. The minimum atomic E-state index is 0.248. The maximum absolute atomic E-state index is 9.41. The molecule has 0 spiro atoms. The van der Waals surface area contributed by atoms with Crippen molar-refractivity contribution in [2.45, 2.75) is 31.8 Å². The third-order valence-corrected chi connectivity index (χ3v) is 4.78. The maximum Gasteiger partial charge on any atom is 0.124 e. The van der Waals surface area contributed by atoms with Crippen LogP contribution in [0.25, 0.3) is 0 Å². The molecule has 3 rings (SSSR count). The molecule has 0 amide bonds. The van der Waals surface area contributed by atoms with Crippen molar-refractivity contribution in [2.75, 3.05) is 32.8 Å². The summed E-state index contributed by atoms with van der Waals surface area (Å²) < 4.78 is 4.92. The van der Waals surface area contributed by atoms with Gasteiger partial charge in [-0.2, -0.15) is 0 Å². The highest BCUT2D eigenvalue weighted by Crippen LogP contribution is 2.16. The molecule has 1 aromatic carbocycles. The van der Waals surface area contributed by atoms with Crippen molar-refractivity contribution in [3.8, 4) is 0 Å². The molecular formula is C19H27N3O2. The highest BCUT2D eigenvalue weighted by molar-refractivity contribution is 5.14. The summed E-state index contributed by atoms with van der Waals surface area (Å²) in [5.74, 6) is 0. The van der Waals surface area contributed by atoms with E-state index >= 15 is 0 Å². The molecule has 1 aliphatic rings. The summed E-state index contributed by atoms with van der Waals surface area (Å²) in [5.41, 5.74) is 2.39. The van der Waals surface area contributed by atoms with Crippen LogP contribution in [0.1, 0.15) is 24.1 Å². The average molecular weight is 329 g/mol. The van der Waals surface area contributed by atoms with Gasteiger partial charge in [0.25, 0.3) is 0 Å². The van der Waals surface area contributed by atoms with Crippen molar-refractivity contribution in [3.63, 3.8) is 0 Å². The van der Waals surface area contributed by atoms with Crippen LogP contribution in [0.5, 0.6) is 0 Å². The number of hydrogen-bond acceptors (Lipinski definition) is 5. The molecule has 1 atom stereocenters. The van der Waals surface area contributed by atoms with E-state index in [4.69, 9.17) is 4.52 Å². The van der Waals surface area contributed by atoms with E-state index in [1.165, 1.54) is 5.56 Å². The van der Waals surface area contributed by atoms with E-state index in [2.05, 4.69) is 45.3 Å². The van der Waals surface area contributed by atoms with Crippen LogP contribution < -0.4 is 0 Å². The largest absolute Gasteiger partial charge is 0.396 e. The maximum atomic E-state index is 9.41. The quantitative estimate of drug-likeness (QED) is 0.804. The minimum Gasteiger partial charge on any atom is -0.396 e. The Balaban J connectivity index is 1.48. The third-order valence-electron chi connectivity index (χ3n) is 4.78. The van der Waals surface area contributed by atoms with Gasteiger partial charge in [-0.05, 0) is 31.4 Å². The van der Waals surface area contributed by atoms with E-state index in [1.54, 1.807) is 6.26 Å². The number of aliphatic hydroxyl groups excluding tert-OH is 1. The molecular weight excluding hydrogens is 302 g/mol. The number of hydrogen-bond donors (Lipinski definition) is 1. The molecule has 2 heterocycles. The van der Waals surface area contributed by atoms with E-state index in [-0.39, 0.29) is 6.61 Å². The van der Waals surface area contributed by atoms with Crippen molar-refractivity contribution in [2.24, 2.45) is 0 Å². The summed E-state index contributed by atoms with van der Waals surface area (Å²) in [4.78, 5) is 4.95. The Morgan fingerprint density at radius 1 is 1.17 bits per heavy atom. The molecule has 0 radical (unpaired) electrons. The van der Waals surface area contributed by atoms with Gasteiger partial charge in [0.2, 0.25) is 0 Å². The van der Waals surface area contributed by atoms with Gasteiger partial charge in [-0.15, -0.1) is 0 Å². The van der Waals surface area contributed by atoms with Crippen LogP contribution in [0.3, 0.4) is 0 Å². The number of rotatable bonds is 8. The number of aliphatic hydroxyl groups is 1. The van der Waals surface area contributed by atoms with Crippen molar-refractivity contribution < 1.29 is 9.63 Å². The number of piperazine rings is 1. The molecule has 1 aromatic heterocycles. The predicted molar refractivity (Wildman–Crippen MR) is 93.6 cm³/mol. The van der Waals surface area contributed by atoms with Crippen LogP contribution in [-0.4, -0.2) is 58.9 Å². The monoisotopic (exact) mass is 329 g/mol. The summed E-state index contributed by atoms with van der Waals surface area (Å²) in [5, 5.41) is 13.4. The van der Waals surface area contributed by atoms with E-state index in [0.29, 0.717) is 6.04 Å². The summed E-state index contributed by atoms with van der Waals surface area (Å²) >= 11 is 0. The van der Waals surface area contributed by atoms with Gasteiger partial charge in [0, 0.05) is 44.9 Å². The first-order valence-electron chi connectivity index (χ1n) is 8.85. The zero-order valence-electron chi connectivity index (χ0n) is 14.2. The Hall–Kier alpha value is -1.69. The van der Waals surface area contributed by atoms with Gasteiger partial charge in [0.05, 0.1) is 5.69 Å². The third kappa shape index (κ3) is 4.90. The molecule has 5 heteroatoms. The fourth-order valence-electron chi connectivity index (χ4n) is 3.50. The molecule has 5 nitrogen and oxygen atoms in total. The molecule has 0 saturated carbocycles. The Morgan fingerprint density at radius 2 is 2.04 bits per heavy atom. The zero-order chi connectivity index (χ0) is 16.6. The minimum absolute atomic E-state index is 0.248. The van der Waals surface area contributed by atoms with Gasteiger partial charge in [0.1, 0.15) is 6.26 Å². The lowest BCUT2D eigenvalue weighted by Gasteiger charge is -2.41. The average Bonchev–Trinajstić information content (AvgIpc) is 3.11. The first-order chi connectivity index (χ1) is 11.8. The second-order valence-electron chi connectivity index (χ2n) is 6.52. The van der Waals surface area contributed by atoms with Gasteiger partial charge < -0.3 is 9.63 Å². The van der Waals surface area contributed by atoms with Crippen molar-refractivity contribution in [3.05, 3.63) is 53.9 Å². The summed E-state index contributed by atoms with van der Waals surface area (Å²) in [6, 6.07) is 13.0. The molecule has 2 aromatic rings. The van der Waals surface area contributed by atoms with E-state index in [1.807, 2.05) is 6.07 Å². The smallest absolute Gasteiger partial charge is 0.124 e. The van der Waals surface area contributed by atoms with E-state index in [9.17, 15) is 5.11 Å². The molecule has 1 fully saturated rings. The van der Waals surface area contributed by atoms with Crippen LogP contribution >= 0.6 is 0 Å². The van der Waals surface area contributed by atoms with Crippen LogP contribution in [0.4, 0.5) is 0 Å². The lowest BCUT2D eigenvalue weighted by Crippen LogP contribution is -2.53. The molecule has 130 valence electrons. The Labute approximate surface area is 143 Å². The Morgan fingerprint density at radius 3 is 2.79 bits per heavy atom. The molecule has 1 unspecified atom stereocenters. The van der Waals surface area contributed by atoms with Gasteiger partial charge in [0.15, 0.2) is 0 Å². The first kappa shape index (κ1) is 17.1. The van der Waals surface area contributed by atoms with Crippen molar-refractivity contribution in [1.82, 2.24) is 15.0 Å². The van der Waals surface area contributed by atoms with E-state index < -0.39 is 0 Å². The fraction of sp³-hybridized carbons (Fsp3) is 0.526. The predicted octanol–water partition coefficient (Wildman–Crippen LogP) is 2.18. The molecule has 0 aliphatic carbocycles. The fourth-order valence-corrected chi connectivity index (χ4v) is 3.50. The summed E-state index contributed by atoms with van der Waals surface area (Å²) in [7, 11) is 0. The second-order valence-corrected chi connectivity index (χ2v) is 6.52. The van der Waals surface area contributed by atoms with Crippen LogP contribution in [0, 0.1) is 0 Å². The zero-order valence-corrected chi connectivity index (χ0v) is 14.2. The van der Waals surface area contributed by atoms with Gasteiger partial charge >= 0.3 is 0 Å². The normalized spacial score (nSPS) is 19.6. The number of nitrogens with zero attached hydrogens (tertiary/aromatic N) is 3. The van der Waals surface area contributed by atoms with Crippen LogP contribution in [0.15, 0.2) is 47.2 Å². The number of benzene rings is 1. The topological polar surface area (TPSA) is 52.7 Å². The standard InChI is InChI=1S/C19H27N3O2/c23-13-8-19-16-21(15-18-9-14-24-20-18)11-12-22(19)10-4-7-17-5-2-1-3-6-17/h1-3,5-6,9,14,19,23H,4,7-8,10-13,15-16H2. The SMILES string of the molecule is OCCC1CN(Cc2ccon2)CCN1CCCc1ccccc1. The number of aryl methyl sites for hydroxylation is 1. The molecule has 0 bridgehead atoms. The van der Waals surface area contributed by atoms with Crippen LogP contribution in [0.2, 0.25) is 0 Å². The Kier molecular flexibility index (Phi) is 6.41. The molecule has 1 saturated heterocycles. The second kappa shape index (κ2) is 8.97. The van der Waals surface area contributed by atoms with Crippen LogP contribution in [-0.2, 0) is 13.0 Å². The van der Waals surface area contributed by atoms with E-state index in [0.717, 1.165) is 57.7 Å². The van der Waals surface area contributed by atoms with Crippen molar-refractivity contribution in [1.29, 1.82) is 0 Å². The van der Waals surface area contributed by atoms with Crippen molar-refractivity contribution >= 4 is 0 Å². The van der Waals surface area contributed by atoms with Gasteiger partial charge in [-0.3, -0.25) is 9.80 Å². The first-order valence-corrected chi connectivity index (χ1v) is 8.85. The van der Waals surface area contributed by atoms with Gasteiger partial charge in [-0.1, -0.05) is 35.5 Å². The molecule has 1 aliphatic heterocycles.